The quantitative estimate of drug-likeness (QED) is 0.698. The Morgan fingerprint density at radius 1 is 1.38 bits per heavy atom. The molecule has 1 unspecified atom stereocenters. The standard InChI is InChI=1S/C11H20N2/c1-6-9(4)11-12-10(5)7-13(11)8(2)3/h7-9H,6H2,1-5H3. The van der Waals surface area contributed by atoms with Gasteiger partial charge in [-0.25, -0.2) is 4.98 Å². The average molecular weight is 180 g/mol. The Morgan fingerprint density at radius 3 is 2.46 bits per heavy atom. The molecule has 0 aliphatic heterocycles. The maximum atomic E-state index is 4.57. The highest BCUT2D eigenvalue weighted by molar-refractivity contribution is 5.07. The molecular weight excluding hydrogens is 160 g/mol. The molecule has 0 N–H and O–H groups in total. The van der Waals surface area contributed by atoms with Crippen LogP contribution in [0.15, 0.2) is 6.20 Å². The van der Waals surface area contributed by atoms with Gasteiger partial charge in [0.15, 0.2) is 0 Å². The van der Waals surface area contributed by atoms with Gasteiger partial charge in [0.05, 0.1) is 5.69 Å². The van der Waals surface area contributed by atoms with Crippen molar-refractivity contribution in [1.29, 1.82) is 0 Å². The molecule has 0 aliphatic carbocycles. The summed E-state index contributed by atoms with van der Waals surface area (Å²) in [5, 5.41) is 0. The predicted octanol–water partition coefficient (Wildman–Crippen LogP) is 3.29. The van der Waals surface area contributed by atoms with E-state index in [4.69, 9.17) is 0 Å². The van der Waals surface area contributed by atoms with E-state index < -0.39 is 0 Å². The van der Waals surface area contributed by atoms with E-state index in [2.05, 4.69) is 50.4 Å². The van der Waals surface area contributed by atoms with Gasteiger partial charge in [0.2, 0.25) is 0 Å². The van der Waals surface area contributed by atoms with Crippen molar-refractivity contribution in [2.45, 2.75) is 53.0 Å². The highest BCUT2D eigenvalue weighted by Gasteiger charge is 2.13. The fourth-order valence-electron chi connectivity index (χ4n) is 1.50. The van der Waals surface area contributed by atoms with Gasteiger partial charge < -0.3 is 4.57 Å². The highest BCUT2D eigenvalue weighted by Crippen LogP contribution is 2.21. The smallest absolute Gasteiger partial charge is 0.112 e. The Hall–Kier alpha value is -0.790. The molecule has 0 aromatic carbocycles. The summed E-state index contributed by atoms with van der Waals surface area (Å²) in [6, 6.07) is 0.519. The third-order valence-corrected chi connectivity index (χ3v) is 2.49. The van der Waals surface area contributed by atoms with Gasteiger partial charge in [0, 0.05) is 18.2 Å². The molecule has 1 aromatic rings. The number of hydrogen-bond donors (Lipinski definition) is 0. The van der Waals surface area contributed by atoms with Crippen molar-refractivity contribution in [3.63, 3.8) is 0 Å². The van der Waals surface area contributed by atoms with E-state index >= 15 is 0 Å². The Bertz CT molecular complexity index is 274. The topological polar surface area (TPSA) is 17.8 Å². The molecule has 2 heteroatoms. The number of aryl methyl sites for hydroxylation is 1. The lowest BCUT2D eigenvalue weighted by Crippen LogP contribution is -2.07. The van der Waals surface area contributed by atoms with Crippen LogP contribution in [0.2, 0.25) is 0 Å². The van der Waals surface area contributed by atoms with Crippen molar-refractivity contribution in [2.24, 2.45) is 0 Å². The lowest BCUT2D eigenvalue weighted by molar-refractivity contribution is 0.532. The van der Waals surface area contributed by atoms with Gasteiger partial charge in [-0.15, -0.1) is 0 Å². The van der Waals surface area contributed by atoms with Crippen LogP contribution >= 0.6 is 0 Å². The average Bonchev–Trinajstić information content (AvgIpc) is 2.46. The molecule has 1 rings (SSSR count). The second kappa shape index (κ2) is 3.95. The third-order valence-electron chi connectivity index (χ3n) is 2.49. The minimum atomic E-state index is 0.519. The van der Waals surface area contributed by atoms with Crippen LogP contribution in [-0.2, 0) is 0 Å². The zero-order valence-electron chi connectivity index (χ0n) is 9.33. The minimum Gasteiger partial charge on any atom is -0.332 e. The molecule has 1 heterocycles. The largest absolute Gasteiger partial charge is 0.332 e. The zero-order chi connectivity index (χ0) is 10.0. The molecule has 0 amide bonds. The van der Waals surface area contributed by atoms with Crippen molar-refractivity contribution in [2.75, 3.05) is 0 Å². The first-order chi connectivity index (χ1) is 6.06. The Balaban J connectivity index is 3.04. The van der Waals surface area contributed by atoms with Gasteiger partial charge in [-0.1, -0.05) is 13.8 Å². The summed E-state index contributed by atoms with van der Waals surface area (Å²) in [6.45, 7) is 10.9. The summed E-state index contributed by atoms with van der Waals surface area (Å²) in [7, 11) is 0. The number of aromatic nitrogens is 2. The predicted molar refractivity (Wildman–Crippen MR) is 56.1 cm³/mol. The Morgan fingerprint density at radius 2 is 2.00 bits per heavy atom. The van der Waals surface area contributed by atoms with E-state index in [0.717, 1.165) is 12.1 Å². The second-order valence-electron chi connectivity index (χ2n) is 4.05. The fourth-order valence-corrected chi connectivity index (χ4v) is 1.50. The molecule has 0 spiro atoms. The van der Waals surface area contributed by atoms with Crippen LogP contribution in [0.5, 0.6) is 0 Å². The fraction of sp³-hybridized carbons (Fsp3) is 0.727. The van der Waals surface area contributed by atoms with Crippen molar-refractivity contribution >= 4 is 0 Å². The number of imidazole rings is 1. The SMILES string of the molecule is CCC(C)c1nc(C)cn1C(C)C. The van der Waals surface area contributed by atoms with E-state index in [0.29, 0.717) is 12.0 Å². The van der Waals surface area contributed by atoms with Crippen molar-refractivity contribution in [1.82, 2.24) is 9.55 Å². The van der Waals surface area contributed by atoms with Crippen LogP contribution in [0.3, 0.4) is 0 Å². The van der Waals surface area contributed by atoms with Crippen molar-refractivity contribution < 1.29 is 0 Å². The summed E-state index contributed by atoms with van der Waals surface area (Å²) in [4.78, 5) is 4.57. The monoisotopic (exact) mass is 180 g/mol. The summed E-state index contributed by atoms with van der Waals surface area (Å²) in [6.07, 6.45) is 3.30. The molecule has 0 saturated carbocycles. The molecule has 0 bridgehead atoms. The molecule has 0 saturated heterocycles. The normalized spacial score (nSPS) is 13.7. The third kappa shape index (κ3) is 2.11. The van der Waals surface area contributed by atoms with Crippen LogP contribution in [0.1, 0.15) is 57.6 Å². The Kier molecular flexibility index (Phi) is 3.12. The number of nitrogens with zero attached hydrogens (tertiary/aromatic N) is 2. The molecular formula is C11H20N2. The van der Waals surface area contributed by atoms with Gasteiger partial charge in [0.1, 0.15) is 5.82 Å². The van der Waals surface area contributed by atoms with Gasteiger partial charge in [-0.05, 0) is 27.2 Å². The van der Waals surface area contributed by atoms with Gasteiger partial charge in [-0.3, -0.25) is 0 Å². The molecule has 0 radical (unpaired) electrons. The van der Waals surface area contributed by atoms with E-state index in [1.807, 2.05) is 0 Å². The molecule has 0 aliphatic rings. The Labute approximate surface area is 81.0 Å². The molecule has 1 aromatic heterocycles. The first kappa shape index (κ1) is 10.3. The van der Waals surface area contributed by atoms with E-state index in [-0.39, 0.29) is 0 Å². The van der Waals surface area contributed by atoms with Crippen molar-refractivity contribution in [3.05, 3.63) is 17.7 Å². The highest BCUT2D eigenvalue weighted by atomic mass is 15.1. The summed E-state index contributed by atoms with van der Waals surface area (Å²) >= 11 is 0. The molecule has 2 nitrogen and oxygen atoms in total. The van der Waals surface area contributed by atoms with Gasteiger partial charge in [-0.2, -0.15) is 0 Å². The van der Waals surface area contributed by atoms with E-state index in [1.54, 1.807) is 0 Å². The molecule has 13 heavy (non-hydrogen) atoms. The maximum absolute atomic E-state index is 4.57. The number of hydrogen-bond acceptors (Lipinski definition) is 1. The van der Waals surface area contributed by atoms with Crippen LogP contribution in [-0.4, -0.2) is 9.55 Å². The first-order valence-electron chi connectivity index (χ1n) is 5.11. The van der Waals surface area contributed by atoms with E-state index in [1.165, 1.54) is 5.82 Å². The lowest BCUT2D eigenvalue weighted by Gasteiger charge is -2.14. The van der Waals surface area contributed by atoms with E-state index in [9.17, 15) is 0 Å². The zero-order valence-corrected chi connectivity index (χ0v) is 9.33. The second-order valence-corrected chi connectivity index (χ2v) is 4.05. The summed E-state index contributed by atoms with van der Waals surface area (Å²) in [5.74, 6) is 1.80. The minimum absolute atomic E-state index is 0.519. The first-order valence-corrected chi connectivity index (χ1v) is 5.11. The van der Waals surface area contributed by atoms with Crippen LogP contribution < -0.4 is 0 Å². The molecule has 1 atom stereocenters. The molecule has 0 fully saturated rings. The van der Waals surface area contributed by atoms with Crippen LogP contribution in [0, 0.1) is 6.92 Å². The van der Waals surface area contributed by atoms with Crippen LogP contribution in [0.4, 0.5) is 0 Å². The van der Waals surface area contributed by atoms with Crippen LogP contribution in [0.25, 0.3) is 0 Å². The lowest BCUT2D eigenvalue weighted by atomic mass is 10.1. The summed E-state index contributed by atoms with van der Waals surface area (Å²) < 4.78 is 2.28. The van der Waals surface area contributed by atoms with Gasteiger partial charge >= 0.3 is 0 Å². The van der Waals surface area contributed by atoms with Crippen molar-refractivity contribution in [3.8, 4) is 0 Å². The number of rotatable bonds is 3. The maximum Gasteiger partial charge on any atom is 0.112 e. The molecule has 74 valence electrons. The van der Waals surface area contributed by atoms with Gasteiger partial charge in [0.25, 0.3) is 0 Å². The summed E-state index contributed by atoms with van der Waals surface area (Å²) in [5.41, 5.74) is 1.13.